The van der Waals surface area contributed by atoms with Crippen molar-refractivity contribution < 1.29 is 24.9 Å². The number of aliphatic hydroxyl groups is 2. The van der Waals surface area contributed by atoms with Gasteiger partial charge < -0.3 is 21.1 Å². The highest BCUT2D eigenvalue weighted by Gasteiger charge is 2.48. The van der Waals surface area contributed by atoms with Gasteiger partial charge in [0, 0.05) is 6.42 Å². The normalized spacial score (nSPS) is 17.5. The Hall–Kier alpha value is -0.980. The molecular formula is C7H13NO5. The number of hydrogen-bond acceptors (Lipinski definition) is 5. The molecule has 0 aromatic rings. The van der Waals surface area contributed by atoms with Gasteiger partial charge in [0.15, 0.2) is 5.78 Å². The van der Waals surface area contributed by atoms with Crippen LogP contribution in [0.5, 0.6) is 0 Å². The van der Waals surface area contributed by atoms with Crippen LogP contribution in [-0.2, 0) is 9.59 Å². The molecule has 0 aliphatic rings. The Morgan fingerprint density at radius 2 is 2.00 bits per heavy atom. The molecule has 13 heavy (non-hydrogen) atoms. The molecule has 6 nitrogen and oxygen atoms in total. The van der Waals surface area contributed by atoms with Crippen molar-refractivity contribution in [3.8, 4) is 0 Å². The highest BCUT2D eigenvalue weighted by molar-refractivity contribution is 6.06. The molecule has 0 rings (SSSR count). The Morgan fingerprint density at radius 3 is 2.23 bits per heavy atom. The van der Waals surface area contributed by atoms with Crippen LogP contribution in [0.4, 0.5) is 0 Å². The van der Waals surface area contributed by atoms with Gasteiger partial charge in [-0.3, -0.25) is 4.79 Å². The fourth-order valence-corrected chi connectivity index (χ4v) is 0.828. The van der Waals surface area contributed by atoms with E-state index in [1.807, 2.05) is 0 Å². The van der Waals surface area contributed by atoms with Gasteiger partial charge in [0.25, 0.3) is 5.60 Å². The standard InChI is InChI=1S/C7H13NO5/c1-2-3-4(9)7(13,5(8)10)6(11)12/h5,10,13H,2-3,8H2,1H3,(H,11,12). The lowest BCUT2D eigenvalue weighted by molar-refractivity contribution is -0.177. The number of carbonyl (C=O) groups is 2. The van der Waals surface area contributed by atoms with Crippen LogP contribution < -0.4 is 5.73 Å². The van der Waals surface area contributed by atoms with E-state index in [1.165, 1.54) is 0 Å². The largest absolute Gasteiger partial charge is 0.479 e. The maximum atomic E-state index is 11.1. The zero-order valence-corrected chi connectivity index (χ0v) is 7.23. The SMILES string of the molecule is CCCC(=O)C(O)(C(=O)O)C(N)O. The maximum absolute atomic E-state index is 11.1. The lowest BCUT2D eigenvalue weighted by atomic mass is 9.93. The molecule has 6 heteroatoms. The van der Waals surface area contributed by atoms with Crippen LogP contribution in [0.3, 0.4) is 0 Å². The van der Waals surface area contributed by atoms with Crippen LogP contribution >= 0.6 is 0 Å². The van der Waals surface area contributed by atoms with E-state index in [-0.39, 0.29) is 6.42 Å². The van der Waals surface area contributed by atoms with Gasteiger partial charge in [0.1, 0.15) is 6.23 Å². The summed E-state index contributed by atoms with van der Waals surface area (Å²) in [7, 11) is 0. The minimum atomic E-state index is -2.88. The molecule has 0 bridgehead atoms. The van der Waals surface area contributed by atoms with Crippen molar-refractivity contribution in [2.24, 2.45) is 5.73 Å². The number of nitrogens with two attached hydrogens (primary N) is 1. The topological polar surface area (TPSA) is 121 Å². The Kier molecular flexibility index (Phi) is 3.99. The predicted molar refractivity (Wildman–Crippen MR) is 42.7 cm³/mol. The second-order valence-corrected chi connectivity index (χ2v) is 2.69. The van der Waals surface area contributed by atoms with Crippen LogP contribution in [0.25, 0.3) is 0 Å². The summed E-state index contributed by atoms with van der Waals surface area (Å²) < 4.78 is 0. The molecule has 0 radical (unpaired) electrons. The summed E-state index contributed by atoms with van der Waals surface area (Å²) in [5.41, 5.74) is 1.93. The average Bonchev–Trinajstić information content (AvgIpc) is 2.02. The zero-order valence-electron chi connectivity index (χ0n) is 7.23. The van der Waals surface area contributed by atoms with Crippen molar-refractivity contribution in [3.05, 3.63) is 0 Å². The molecular weight excluding hydrogens is 178 g/mol. The second-order valence-electron chi connectivity index (χ2n) is 2.69. The van der Waals surface area contributed by atoms with Gasteiger partial charge in [0.2, 0.25) is 0 Å². The summed E-state index contributed by atoms with van der Waals surface area (Å²) in [6.07, 6.45) is -1.87. The molecule has 0 saturated carbocycles. The van der Waals surface area contributed by atoms with E-state index in [9.17, 15) is 14.7 Å². The highest BCUT2D eigenvalue weighted by Crippen LogP contribution is 2.13. The molecule has 2 atom stereocenters. The van der Waals surface area contributed by atoms with Crippen LogP contribution in [-0.4, -0.2) is 38.9 Å². The molecule has 0 heterocycles. The lowest BCUT2D eigenvalue weighted by Gasteiger charge is -2.23. The summed E-state index contributed by atoms with van der Waals surface area (Å²) in [5, 5.41) is 26.5. The van der Waals surface area contributed by atoms with Gasteiger partial charge in [-0.25, -0.2) is 4.79 Å². The Labute approximate surface area is 75.0 Å². The average molecular weight is 191 g/mol. The van der Waals surface area contributed by atoms with Gasteiger partial charge in [-0.05, 0) is 6.42 Å². The zero-order chi connectivity index (χ0) is 10.6. The van der Waals surface area contributed by atoms with Crippen molar-refractivity contribution in [2.75, 3.05) is 0 Å². The molecule has 0 saturated heterocycles. The van der Waals surface area contributed by atoms with E-state index >= 15 is 0 Å². The quantitative estimate of drug-likeness (QED) is 0.308. The third-order valence-corrected chi connectivity index (χ3v) is 1.66. The van der Waals surface area contributed by atoms with E-state index in [0.717, 1.165) is 0 Å². The Morgan fingerprint density at radius 1 is 1.54 bits per heavy atom. The van der Waals surface area contributed by atoms with Crippen molar-refractivity contribution in [2.45, 2.75) is 31.6 Å². The van der Waals surface area contributed by atoms with Gasteiger partial charge in [-0.1, -0.05) is 6.92 Å². The third-order valence-electron chi connectivity index (χ3n) is 1.66. The van der Waals surface area contributed by atoms with E-state index in [2.05, 4.69) is 0 Å². The Balaban J connectivity index is 4.79. The van der Waals surface area contributed by atoms with Crippen molar-refractivity contribution in [1.29, 1.82) is 0 Å². The number of carboxylic acid groups (broad SMARTS) is 1. The summed E-state index contributed by atoms with van der Waals surface area (Å²) in [5.74, 6) is -2.82. The lowest BCUT2D eigenvalue weighted by Crippen LogP contribution is -2.59. The van der Waals surface area contributed by atoms with Crippen LogP contribution in [0.1, 0.15) is 19.8 Å². The molecule has 0 spiro atoms. The van der Waals surface area contributed by atoms with Crippen LogP contribution in [0.2, 0.25) is 0 Å². The molecule has 0 aromatic heterocycles. The van der Waals surface area contributed by atoms with E-state index < -0.39 is 23.6 Å². The van der Waals surface area contributed by atoms with Gasteiger partial charge in [0.05, 0.1) is 0 Å². The monoisotopic (exact) mass is 191 g/mol. The molecule has 2 unspecified atom stereocenters. The Bertz CT molecular complexity index is 215. The van der Waals surface area contributed by atoms with E-state index in [1.54, 1.807) is 6.92 Å². The molecule has 0 amide bonds. The fourth-order valence-electron chi connectivity index (χ4n) is 0.828. The summed E-state index contributed by atoms with van der Waals surface area (Å²) in [6, 6.07) is 0. The van der Waals surface area contributed by atoms with Gasteiger partial charge in [-0.2, -0.15) is 0 Å². The smallest absolute Gasteiger partial charge is 0.347 e. The minimum absolute atomic E-state index is 0.142. The second kappa shape index (κ2) is 4.31. The third kappa shape index (κ3) is 2.24. The number of aliphatic carboxylic acids is 1. The van der Waals surface area contributed by atoms with Crippen LogP contribution in [0.15, 0.2) is 0 Å². The van der Waals surface area contributed by atoms with Crippen molar-refractivity contribution in [1.82, 2.24) is 0 Å². The number of carboxylic acids is 1. The van der Waals surface area contributed by atoms with E-state index in [4.69, 9.17) is 15.9 Å². The molecule has 0 fully saturated rings. The number of rotatable bonds is 5. The summed E-state index contributed by atoms with van der Waals surface area (Å²) in [6.45, 7) is 1.64. The van der Waals surface area contributed by atoms with Crippen molar-refractivity contribution in [3.63, 3.8) is 0 Å². The first-order valence-electron chi connectivity index (χ1n) is 3.80. The first-order valence-corrected chi connectivity index (χ1v) is 3.80. The van der Waals surface area contributed by atoms with Gasteiger partial charge >= 0.3 is 5.97 Å². The van der Waals surface area contributed by atoms with Crippen LogP contribution in [0, 0.1) is 0 Å². The molecule has 76 valence electrons. The van der Waals surface area contributed by atoms with E-state index in [0.29, 0.717) is 6.42 Å². The fraction of sp³-hybridized carbons (Fsp3) is 0.714. The molecule has 5 N–H and O–H groups in total. The predicted octanol–water partition coefficient (Wildman–Crippen LogP) is -1.55. The first-order chi connectivity index (χ1) is 5.87. The minimum Gasteiger partial charge on any atom is -0.479 e. The van der Waals surface area contributed by atoms with Gasteiger partial charge in [-0.15, -0.1) is 0 Å². The number of aliphatic hydroxyl groups excluding tert-OH is 1. The summed E-state index contributed by atoms with van der Waals surface area (Å²) >= 11 is 0. The molecule has 0 aliphatic heterocycles. The number of ketones is 1. The molecule has 0 aromatic carbocycles. The molecule has 0 aliphatic carbocycles. The highest BCUT2D eigenvalue weighted by atomic mass is 16.4. The number of hydrogen-bond donors (Lipinski definition) is 4. The first kappa shape index (κ1) is 12.0. The summed E-state index contributed by atoms with van der Waals surface area (Å²) in [4.78, 5) is 21.5. The number of Topliss-reactive ketones (excluding diaryl/α,β-unsaturated/α-hetero) is 1. The van der Waals surface area contributed by atoms with Crippen molar-refractivity contribution >= 4 is 11.8 Å². The maximum Gasteiger partial charge on any atom is 0.347 e. The number of carbonyl (C=O) groups excluding carboxylic acids is 1.